The Morgan fingerprint density at radius 2 is 2.55 bits per heavy atom. The topological polar surface area (TPSA) is 32.9 Å². The second kappa shape index (κ2) is 3.76. The van der Waals surface area contributed by atoms with Crippen molar-refractivity contribution in [1.82, 2.24) is 4.98 Å². The summed E-state index contributed by atoms with van der Waals surface area (Å²) < 4.78 is 0. The number of allylic oxidation sites excluding steroid dienone is 1. The maximum Gasteiger partial charge on any atom is 0.155 e. The van der Waals surface area contributed by atoms with Gasteiger partial charge in [0, 0.05) is 18.3 Å². The van der Waals surface area contributed by atoms with Crippen LogP contribution in [0.5, 0.6) is 0 Å². The summed E-state index contributed by atoms with van der Waals surface area (Å²) in [6.45, 7) is 1.85. The van der Waals surface area contributed by atoms with E-state index in [2.05, 4.69) is 4.98 Å². The minimum atomic E-state index is 0.152. The van der Waals surface area contributed by atoms with E-state index in [1.165, 1.54) is 0 Å². The number of carbonyl (C=O) groups is 1. The Balaban J connectivity index is 2.55. The molecule has 0 radical (unpaired) electrons. The third-order valence-electron chi connectivity index (χ3n) is 1.42. The summed E-state index contributed by atoms with van der Waals surface area (Å²) in [5.41, 5.74) is 0.965. The number of hydrogen-bond donors (Lipinski definition) is 1. The van der Waals surface area contributed by atoms with Crippen LogP contribution in [0.4, 0.5) is 0 Å². The summed E-state index contributed by atoms with van der Waals surface area (Å²) in [7, 11) is 0. The van der Waals surface area contributed by atoms with Gasteiger partial charge in [-0.3, -0.25) is 4.79 Å². The molecule has 11 heavy (non-hydrogen) atoms. The third kappa shape index (κ3) is 2.42. The summed E-state index contributed by atoms with van der Waals surface area (Å²) >= 11 is 0. The summed E-state index contributed by atoms with van der Waals surface area (Å²) in [5.74, 6) is 0.152. The standard InChI is InChI=1S/C9H11NO/c1-2-9(11)6-5-8-4-3-7-10-8/h3-7,10H,2H2,1H3/b6-5+. The van der Waals surface area contributed by atoms with Crippen molar-refractivity contribution in [2.24, 2.45) is 0 Å². The molecule has 0 spiro atoms. The van der Waals surface area contributed by atoms with Crippen LogP contribution in [0, 0.1) is 0 Å². The molecule has 1 aromatic rings. The third-order valence-corrected chi connectivity index (χ3v) is 1.42. The molecule has 1 N–H and O–H groups in total. The lowest BCUT2D eigenvalue weighted by molar-refractivity contribution is -0.114. The highest BCUT2D eigenvalue weighted by Crippen LogP contribution is 1.97. The molecule has 1 heterocycles. The molecule has 0 aromatic carbocycles. The lowest BCUT2D eigenvalue weighted by atomic mass is 10.2. The van der Waals surface area contributed by atoms with E-state index >= 15 is 0 Å². The number of hydrogen-bond acceptors (Lipinski definition) is 1. The zero-order chi connectivity index (χ0) is 8.10. The Bertz CT molecular complexity index is 247. The number of ketones is 1. The first-order valence-electron chi connectivity index (χ1n) is 3.67. The minimum absolute atomic E-state index is 0.152. The Morgan fingerprint density at radius 1 is 1.73 bits per heavy atom. The fourth-order valence-corrected chi connectivity index (χ4v) is 0.748. The summed E-state index contributed by atoms with van der Waals surface area (Å²) in [5, 5.41) is 0. The highest BCUT2D eigenvalue weighted by Gasteiger charge is 1.89. The second-order valence-corrected chi connectivity index (χ2v) is 2.28. The van der Waals surface area contributed by atoms with E-state index < -0.39 is 0 Å². The molecule has 0 saturated carbocycles. The molecule has 0 unspecified atom stereocenters. The molecule has 58 valence electrons. The average molecular weight is 149 g/mol. The molecular weight excluding hydrogens is 138 g/mol. The maximum atomic E-state index is 10.8. The van der Waals surface area contributed by atoms with Crippen LogP contribution in [0.3, 0.4) is 0 Å². The molecule has 0 saturated heterocycles. The molecular formula is C9H11NO. The van der Waals surface area contributed by atoms with Crippen molar-refractivity contribution >= 4 is 11.9 Å². The normalized spacial score (nSPS) is 10.6. The van der Waals surface area contributed by atoms with Crippen LogP contribution in [-0.4, -0.2) is 10.8 Å². The monoisotopic (exact) mass is 149 g/mol. The van der Waals surface area contributed by atoms with Crippen LogP contribution in [0.2, 0.25) is 0 Å². The Morgan fingerprint density at radius 3 is 3.09 bits per heavy atom. The van der Waals surface area contributed by atoms with E-state index in [0.717, 1.165) is 5.69 Å². The molecule has 0 aliphatic carbocycles. The molecule has 2 heteroatoms. The van der Waals surface area contributed by atoms with Crippen LogP contribution >= 0.6 is 0 Å². The van der Waals surface area contributed by atoms with Gasteiger partial charge in [0.1, 0.15) is 0 Å². The summed E-state index contributed by atoms with van der Waals surface area (Å²) in [4.78, 5) is 13.8. The van der Waals surface area contributed by atoms with Crippen molar-refractivity contribution in [2.45, 2.75) is 13.3 Å². The van der Waals surface area contributed by atoms with Gasteiger partial charge in [-0.1, -0.05) is 6.92 Å². The van der Waals surface area contributed by atoms with Crippen LogP contribution in [0.15, 0.2) is 24.4 Å². The molecule has 0 amide bonds. The summed E-state index contributed by atoms with van der Waals surface area (Å²) in [6, 6.07) is 3.82. The number of aromatic amines is 1. The lowest BCUT2D eigenvalue weighted by Gasteiger charge is -1.84. The van der Waals surface area contributed by atoms with Gasteiger partial charge in [-0.25, -0.2) is 0 Å². The lowest BCUT2D eigenvalue weighted by Crippen LogP contribution is -1.86. The van der Waals surface area contributed by atoms with Crippen molar-refractivity contribution in [3.05, 3.63) is 30.1 Å². The van der Waals surface area contributed by atoms with Crippen LogP contribution in [-0.2, 0) is 4.79 Å². The van der Waals surface area contributed by atoms with Gasteiger partial charge in [-0.15, -0.1) is 0 Å². The zero-order valence-electron chi connectivity index (χ0n) is 6.50. The van der Waals surface area contributed by atoms with E-state index in [9.17, 15) is 4.79 Å². The highest BCUT2D eigenvalue weighted by atomic mass is 16.1. The van der Waals surface area contributed by atoms with Crippen LogP contribution < -0.4 is 0 Å². The largest absolute Gasteiger partial charge is 0.362 e. The first kappa shape index (κ1) is 7.79. The average Bonchev–Trinajstić information content (AvgIpc) is 2.52. The van der Waals surface area contributed by atoms with Crippen molar-refractivity contribution in [3.8, 4) is 0 Å². The number of aromatic nitrogens is 1. The quantitative estimate of drug-likeness (QED) is 0.655. The molecule has 0 fully saturated rings. The fraction of sp³-hybridized carbons (Fsp3) is 0.222. The zero-order valence-corrected chi connectivity index (χ0v) is 6.50. The van der Waals surface area contributed by atoms with Gasteiger partial charge >= 0.3 is 0 Å². The predicted molar refractivity (Wildman–Crippen MR) is 45.1 cm³/mol. The van der Waals surface area contributed by atoms with Crippen LogP contribution in [0.1, 0.15) is 19.0 Å². The number of H-pyrrole nitrogens is 1. The number of nitrogens with one attached hydrogen (secondary N) is 1. The minimum Gasteiger partial charge on any atom is -0.362 e. The van der Waals surface area contributed by atoms with E-state index in [4.69, 9.17) is 0 Å². The molecule has 0 bridgehead atoms. The highest BCUT2D eigenvalue weighted by molar-refractivity contribution is 5.93. The Kier molecular flexibility index (Phi) is 2.66. The predicted octanol–water partition coefficient (Wildman–Crippen LogP) is 2.01. The second-order valence-electron chi connectivity index (χ2n) is 2.28. The van der Waals surface area contributed by atoms with Crippen LogP contribution in [0.25, 0.3) is 6.08 Å². The number of carbonyl (C=O) groups excluding carboxylic acids is 1. The van der Waals surface area contributed by atoms with Gasteiger partial charge in [0.05, 0.1) is 0 Å². The first-order chi connectivity index (χ1) is 5.33. The maximum absolute atomic E-state index is 10.8. The van der Waals surface area contributed by atoms with Gasteiger partial charge in [0.25, 0.3) is 0 Å². The smallest absolute Gasteiger partial charge is 0.155 e. The van der Waals surface area contributed by atoms with Gasteiger partial charge in [0.2, 0.25) is 0 Å². The molecule has 0 atom stereocenters. The fourth-order valence-electron chi connectivity index (χ4n) is 0.748. The molecule has 1 rings (SSSR count). The Hall–Kier alpha value is -1.31. The molecule has 0 aliphatic rings. The van der Waals surface area contributed by atoms with Crippen molar-refractivity contribution in [1.29, 1.82) is 0 Å². The Labute approximate surface area is 65.9 Å². The van der Waals surface area contributed by atoms with Crippen molar-refractivity contribution < 1.29 is 4.79 Å². The van der Waals surface area contributed by atoms with E-state index in [1.807, 2.05) is 25.3 Å². The van der Waals surface area contributed by atoms with E-state index in [-0.39, 0.29) is 5.78 Å². The molecule has 2 nitrogen and oxygen atoms in total. The summed E-state index contributed by atoms with van der Waals surface area (Å²) in [6.07, 6.45) is 5.77. The van der Waals surface area contributed by atoms with Gasteiger partial charge in [0.15, 0.2) is 5.78 Å². The SMILES string of the molecule is CCC(=O)/C=C/c1ccc[nH]1. The van der Waals surface area contributed by atoms with E-state index in [0.29, 0.717) is 6.42 Å². The van der Waals surface area contributed by atoms with Gasteiger partial charge in [-0.2, -0.15) is 0 Å². The molecule has 1 aromatic heterocycles. The van der Waals surface area contributed by atoms with E-state index in [1.54, 1.807) is 12.2 Å². The number of rotatable bonds is 3. The molecule has 0 aliphatic heterocycles. The first-order valence-corrected chi connectivity index (χ1v) is 3.67. The van der Waals surface area contributed by atoms with Gasteiger partial charge < -0.3 is 4.98 Å². The van der Waals surface area contributed by atoms with Gasteiger partial charge in [-0.05, 0) is 24.3 Å². The van der Waals surface area contributed by atoms with Crippen molar-refractivity contribution in [3.63, 3.8) is 0 Å². The van der Waals surface area contributed by atoms with Crippen molar-refractivity contribution in [2.75, 3.05) is 0 Å².